The van der Waals surface area contributed by atoms with E-state index in [9.17, 15) is 9.46 Å². The summed E-state index contributed by atoms with van der Waals surface area (Å²) in [5, 5.41) is 2.17. The highest BCUT2D eigenvalue weighted by atomic mass is 32.1. The number of imidazole rings is 1. The summed E-state index contributed by atoms with van der Waals surface area (Å²) >= 11 is 1.87. The zero-order valence-electron chi connectivity index (χ0n) is 24.5. The number of nitrogens with two attached hydrogens (primary N) is 1. The van der Waals surface area contributed by atoms with E-state index in [2.05, 4.69) is 32.5 Å². The van der Waals surface area contributed by atoms with E-state index in [1.54, 1.807) is 17.8 Å². The van der Waals surface area contributed by atoms with Crippen LogP contribution < -0.4 is 5.73 Å². The SMILES string of the molecule is C[C@H](Cn1cnc2c(N)ncnc21)OCP(=O)(O)OCCCOCCCCCCCCCCCCCc1cccs1. The Bertz CT molecular complexity index is 1150. The molecule has 3 rings (SSSR count). The van der Waals surface area contributed by atoms with Gasteiger partial charge in [-0.3, -0.25) is 4.57 Å². The topological polar surface area (TPSA) is 135 Å². The molecular formula is C29H48N5O5PS. The highest BCUT2D eigenvalue weighted by Gasteiger charge is 2.21. The van der Waals surface area contributed by atoms with Crippen LogP contribution in [0.4, 0.5) is 5.82 Å². The molecule has 41 heavy (non-hydrogen) atoms. The Morgan fingerprint density at radius 3 is 2.34 bits per heavy atom. The lowest BCUT2D eigenvalue weighted by atomic mass is 10.1. The van der Waals surface area contributed by atoms with Crippen molar-refractivity contribution >= 4 is 35.9 Å². The lowest BCUT2D eigenvalue weighted by Gasteiger charge is -2.17. The smallest absolute Gasteiger partial charge is 0.353 e. The highest BCUT2D eigenvalue weighted by Crippen LogP contribution is 2.42. The normalized spacial score (nSPS) is 14.0. The molecule has 0 aliphatic rings. The number of nitrogen functional groups attached to an aromatic ring is 1. The van der Waals surface area contributed by atoms with Crippen LogP contribution in [-0.4, -0.2) is 56.7 Å². The van der Waals surface area contributed by atoms with Crippen LogP contribution in [0.5, 0.6) is 0 Å². The molecule has 0 saturated heterocycles. The number of ether oxygens (including phenoxy) is 2. The second-order valence-electron chi connectivity index (χ2n) is 10.6. The lowest BCUT2D eigenvalue weighted by molar-refractivity contribution is 0.0688. The summed E-state index contributed by atoms with van der Waals surface area (Å²) in [6.45, 7) is 3.60. The van der Waals surface area contributed by atoms with Crippen LogP contribution in [0.15, 0.2) is 30.2 Å². The van der Waals surface area contributed by atoms with Gasteiger partial charge in [0.15, 0.2) is 11.5 Å². The second-order valence-corrected chi connectivity index (χ2v) is 13.4. The minimum atomic E-state index is -3.84. The predicted octanol–water partition coefficient (Wildman–Crippen LogP) is 6.98. The van der Waals surface area contributed by atoms with Gasteiger partial charge in [-0.15, -0.1) is 11.3 Å². The third kappa shape index (κ3) is 13.8. The number of aryl methyl sites for hydroxylation is 1. The molecule has 3 aromatic heterocycles. The first-order valence-corrected chi connectivity index (χ1v) is 17.7. The summed E-state index contributed by atoms with van der Waals surface area (Å²) in [5.41, 5.74) is 6.92. The van der Waals surface area contributed by atoms with Crippen LogP contribution in [0.1, 0.15) is 88.9 Å². The lowest BCUT2D eigenvalue weighted by Crippen LogP contribution is -2.17. The van der Waals surface area contributed by atoms with Crippen molar-refractivity contribution in [3.8, 4) is 0 Å². The maximum atomic E-state index is 12.3. The van der Waals surface area contributed by atoms with Gasteiger partial charge in [-0.2, -0.15) is 0 Å². The van der Waals surface area contributed by atoms with E-state index in [0.717, 1.165) is 13.0 Å². The fourth-order valence-electron chi connectivity index (χ4n) is 4.64. The van der Waals surface area contributed by atoms with Crippen LogP contribution in [0.25, 0.3) is 11.2 Å². The Kier molecular flexibility index (Phi) is 15.9. The Balaban J connectivity index is 1.07. The van der Waals surface area contributed by atoms with Crippen LogP contribution >= 0.6 is 18.9 Å². The maximum absolute atomic E-state index is 12.3. The number of aromatic nitrogens is 4. The Morgan fingerprint density at radius 1 is 0.951 bits per heavy atom. The first kappa shape index (κ1) is 33.6. The van der Waals surface area contributed by atoms with Crippen molar-refractivity contribution in [2.75, 3.05) is 31.9 Å². The first-order valence-electron chi connectivity index (χ1n) is 15.0. The van der Waals surface area contributed by atoms with Crippen molar-refractivity contribution < 1.29 is 23.5 Å². The van der Waals surface area contributed by atoms with Crippen molar-refractivity contribution in [3.05, 3.63) is 35.0 Å². The van der Waals surface area contributed by atoms with Gasteiger partial charge in [0, 0.05) is 18.1 Å². The summed E-state index contributed by atoms with van der Waals surface area (Å²) in [5.74, 6) is 0.308. The highest BCUT2D eigenvalue weighted by molar-refractivity contribution is 7.52. The largest absolute Gasteiger partial charge is 0.382 e. The molecule has 1 unspecified atom stereocenters. The molecule has 0 aliphatic heterocycles. The van der Waals surface area contributed by atoms with Crippen molar-refractivity contribution in [3.63, 3.8) is 0 Å². The van der Waals surface area contributed by atoms with E-state index in [-0.39, 0.29) is 19.1 Å². The Hall–Kier alpha value is -1.88. The van der Waals surface area contributed by atoms with Gasteiger partial charge in [0.1, 0.15) is 18.2 Å². The molecule has 2 atom stereocenters. The number of nitrogens with zero attached hydrogens (tertiary/aromatic N) is 4. The maximum Gasteiger partial charge on any atom is 0.353 e. The molecule has 0 aromatic carbocycles. The minimum Gasteiger partial charge on any atom is -0.382 e. The predicted molar refractivity (Wildman–Crippen MR) is 165 cm³/mol. The van der Waals surface area contributed by atoms with Crippen molar-refractivity contribution in [1.29, 1.82) is 0 Å². The molecule has 0 fully saturated rings. The molecular weight excluding hydrogens is 561 g/mol. The number of hydrogen-bond acceptors (Lipinski definition) is 9. The van der Waals surface area contributed by atoms with Crippen LogP contribution in [0.2, 0.25) is 0 Å². The average molecular weight is 610 g/mol. The fourth-order valence-corrected chi connectivity index (χ4v) is 6.32. The summed E-state index contributed by atoms with van der Waals surface area (Å²) in [4.78, 5) is 23.9. The second kappa shape index (κ2) is 19.3. The van der Waals surface area contributed by atoms with Gasteiger partial charge >= 0.3 is 7.60 Å². The van der Waals surface area contributed by atoms with Crippen LogP contribution in [0.3, 0.4) is 0 Å². The summed E-state index contributed by atoms with van der Waals surface area (Å²) in [6, 6.07) is 4.39. The summed E-state index contributed by atoms with van der Waals surface area (Å²) in [7, 11) is -3.84. The zero-order chi connectivity index (χ0) is 29.2. The number of hydrogen-bond donors (Lipinski definition) is 2. The molecule has 3 aromatic rings. The van der Waals surface area contributed by atoms with Gasteiger partial charge in [0.2, 0.25) is 0 Å². The van der Waals surface area contributed by atoms with E-state index in [0.29, 0.717) is 36.6 Å². The van der Waals surface area contributed by atoms with Gasteiger partial charge in [-0.1, -0.05) is 63.9 Å². The Labute approximate surface area is 248 Å². The van der Waals surface area contributed by atoms with Gasteiger partial charge < -0.3 is 29.2 Å². The molecule has 3 N–H and O–H groups in total. The molecule has 12 heteroatoms. The summed E-state index contributed by atoms with van der Waals surface area (Å²) < 4.78 is 30.5. The zero-order valence-corrected chi connectivity index (χ0v) is 26.2. The van der Waals surface area contributed by atoms with E-state index in [4.69, 9.17) is 19.7 Å². The molecule has 0 bridgehead atoms. The molecule has 0 spiro atoms. The molecule has 230 valence electrons. The van der Waals surface area contributed by atoms with Crippen molar-refractivity contribution in [1.82, 2.24) is 19.5 Å². The van der Waals surface area contributed by atoms with Gasteiger partial charge in [0.05, 0.1) is 25.6 Å². The first-order chi connectivity index (χ1) is 19.9. The van der Waals surface area contributed by atoms with Crippen molar-refractivity contribution in [2.45, 2.75) is 103 Å². The van der Waals surface area contributed by atoms with Crippen LogP contribution in [-0.2, 0) is 31.5 Å². The third-order valence-corrected chi connectivity index (χ3v) is 8.92. The monoisotopic (exact) mass is 609 g/mol. The van der Waals surface area contributed by atoms with E-state index in [1.807, 2.05) is 11.3 Å². The van der Waals surface area contributed by atoms with E-state index < -0.39 is 7.60 Å². The number of fused-ring (bicyclic) bond motifs is 1. The fraction of sp³-hybridized carbons (Fsp3) is 0.690. The van der Waals surface area contributed by atoms with Gasteiger partial charge in [-0.25, -0.2) is 15.0 Å². The number of rotatable bonds is 24. The molecule has 0 radical (unpaired) electrons. The molecule has 0 aliphatic carbocycles. The Morgan fingerprint density at radius 2 is 1.63 bits per heavy atom. The minimum absolute atomic E-state index is 0.155. The van der Waals surface area contributed by atoms with Gasteiger partial charge in [0.25, 0.3) is 0 Å². The summed E-state index contributed by atoms with van der Waals surface area (Å²) in [6.07, 6.45) is 18.3. The standard InChI is InChI=1S/C29H48N5O5PS/c1-25(21-34-23-33-27-28(30)31-22-32-29(27)34)38-24-40(35,36)39-19-14-18-37-17-12-10-8-6-4-2-3-5-7-9-11-15-26-16-13-20-41-26/h13,16,20,22-23,25H,2-12,14-15,17-19,21,24H2,1H3,(H,35,36)(H2,30,31,32)/t25-/m1/s1. The van der Waals surface area contributed by atoms with Gasteiger partial charge in [-0.05, 0) is 44.1 Å². The molecule has 0 amide bonds. The van der Waals surface area contributed by atoms with E-state index >= 15 is 0 Å². The van der Waals surface area contributed by atoms with E-state index in [1.165, 1.54) is 81.8 Å². The molecule has 3 heterocycles. The molecule has 10 nitrogen and oxygen atoms in total. The third-order valence-electron chi connectivity index (χ3n) is 6.92. The number of thiophene rings is 1. The number of anilines is 1. The number of unbranched alkanes of at least 4 members (excludes halogenated alkanes) is 10. The molecule has 0 saturated carbocycles. The quantitative estimate of drug-likeness (QED) is 0.0815. The average Bonchev–Trinajstić information content (AvgIpc) is 3.62. The van der Waals surface area contributed by atoms with Crippen molar-refractivity contribution in [2.24, 2.45) is 0 Å². The van der Waals surface area contributed by atoms with Crippen LogP contribution in [0, 0.1) is 0 Å².